The van der Waals surface area contributed by atoms with Crippen molar-refractivity contribution < 1.29 is 25.2 Å². The number of amides is 1. The van der Waals surface area contributed by atoms with Gasteiger partial charge in [0.25, 0.3) is 5.91 Å². The van der Waals surface area contributed by atoms with E-state index in [-0.39, 0.29) is 5.91 Å². The highest BCUT2D eigenvalue weighted by Crippen LogP contribution is 2.22. The Morgan fingerprint density at radius 3 is 2.33 bits per heavy atom. The Hall–Kier alpha value is -3.06. The van der Waals surface area contributed by atoms with Crippen LogP contribution >= 0.6 is 0 Å². The minimum atomic E-state index is -1.34. The number of nitrogens with one attached hydrogen (secondary N) is 1. The lowest BCUT2D eigenvalue weighted by molar-refractivity contribution is -0.253. The van der Waals surface area contributed by atoms with E-state index in [9.17, 15) is 9.59 Å². The number of nitrogen functional groups attached to an aromatic ring is 1. The Morgan fingerprint density at radius 2 is 1.79 bits per heavy atom. The molecule has 2 aromatic rings. The lowest BCUT2D eigenvalue weighted by atomic mass is 10.1. The molecule has 0 atom stereocenters. The SMILES string of the molecule is CC(C)(Oc1ccc(NC(=O)c2ccc([NH3+])c(N)c2)cc1)C(=O)O. The molecule has 7 N–H and O–H groups in total. The van der Waals surface area contributed by atoms with Crippen molar-refractivity contribution in [3.63, 3.8) is 0 Å². The second kappa shape index (κ2) is 6.59. The molecule has 126 valence electrons. The van der Waals surface area contributed by atoms with E-state index < -0.39 is 11.6 Å². The molecule has 0 heterocycles. The first-order valence-corrected chi connectivity index (χ1v) is 7.24. The number of quaternary nitrogens is 1. The van der Waals surface area contributed by atoms with Crippen LogP contribution in [0.1, 0.15) is 24.2 Å². The van der Waals surface area contributed by atoms with Crippen molar-refractivity contribution in [2.75, 3.05) is 11.1 Å². The number of rotatable bonds is 5. The van der Waals surface area contributed by atoms with E-state index in [1.165, 1.54) is 13.8 Å². The third-order valence-electron chi connectivity index (χ3n) is 3.41. The van der Waals surface area contributed by atoms with Gasteiger partial charge < -0.3 is 26.6 Å². The van der Waals surface area contributed by atoms with Crippen LogP contribution in [0.2, 0.25) is 0 Å². The first kappa shape index (κ1) is 17.3. The number of nitrogens with two attached hydrogens (primary N) is 1. The molecule has 1 amide bonds. The molecule has 7 heteroatoms. The van der Waals surface area contributed by atoms with E-state index in [2.05, 4.69) is 11.1 Å². The number of carboxylic acids is 1. The monoisotopic (exact) mass is 330 g/mol. The predicted molar refractivity (Wildman–Crippen MR) is 90.1 cm³/mol. The van der Waals surface area contributed by atoms with Crippen LogP contribution in [0.4, 0.5) is 17.1 Å². The van der Waals surface area contributed by atoms with Crippen LogP contribution in [-0.4, -0.2) is 22.6 Å². The number of aliphatic carboxylic acids is 1. The first-order valence-electron chi connectivity index (χ1n) is 7.24. The number of carbonyl (C=O) groups is 2. The predicted octanol–water partition coefficient (Wildman–Crippen LogP) is 1.64. The fourth-order valence-corrected chi connectivity index (χ4v) is 1.88. The van der Waals surface area contributed by atoms with Crippen molar-refractivity contribution >= 4 is 28.9 Å². The summed E-state index contributed by atoms with van der Waals surface area (Å²) in [5.74, 6) is -0.974. The lowest BCUT2D eigenvalue weighted by Gasteiger charge is -2.21. The number of carboxylic acid groups (broad SMARTS) is 1. The largest absolute Gasteiger partial charge is 0.478 e. The van der Waals surface area contributed by atoms with Gasteiger partial charge in [-0.1, -0.05) is 0 Å². The Labute approximate surface area is 139 Å². The maximum atomic E-state index is 12.2. The number of hydrogen-bond acceptors (Lipinski definition) is 4. The summed E-state index contributed by atoms with van der Waals surface area (Å²) in [4.78, 5) is 23.2. The summed E-state index contributed by atoms with van der Waals surface area (Å²) in [6.45, 7) is 2.92. The molecule has 2 rings (SSSR count). The molecular weight excluding hydrogens is 310 g/mol. The van der Waals surface area contributed by atoms with Gasteiger partial charge in [0.2, 0.25) is 0 Å². The van der Waals surface area contributed by atoms with Gasteiger partial charge in [-0.25, -0.2) is 4.79 Å². The van der Waals surface area contributed by atoms with Gasteiger partial charge in [0.1, 0.15) is 5.75 Å². The molecule has 2 aromatic carbocycles. The maximum Gasteiger partial charge on any atom is 0.347 e. The number of carbonyl (C=O) groups excluding carboxylic acids is 1. The van der Waals surface area contributed by atoms with Crippen molar-refractivity contribution in [1.29, 1.82) is 0 Å². The van der Waals surface area contributed by atoms with Crippen LogP contribution < -0.4 is 21.5 Å². The molecule has 0 fully saturated rings. The molecule has 0 radical (unpaired) electrons. The van der Waals surface area contributed by atoms with Gasteiger partial charge in [0.05, 0.1) is 5.69 Å². The molecular formula is C17H20N3O4+. The van der Waals surface area contributed by atoms with Gasteiger partial charge >= 0.3 is 5.97 Å². The normalized spacial score (nSPS) is 11.0. The molecule has 7 nitrogen and oxygen atoms in total. The zero-order valence-electron chi connectivity index (χ0n) is 13.5. The molecule has 0 unspecified atom stereocenters. The Kier molecular flexibility index (Phi) is 4.75. The van der Waals surface area contributed by atoms with E-state index in [1.807, 2.05) is 0 Å². The zero-order chi connectivity index (χ0) is 17.9. The zero-order valence-corrected chi connectivity index (χ0v) is 13.5. The van der Waals surface area contributed by atoms with Crippen molar-refractivity contribution in [3.05, 3.63) is 48.0 Å². The Balaban J connectivity index is 2.07. The summed E-state index contributed by atoms with van der Waals surface area (Å²) in [5.41, 5.74) is 10.2. The average molecular weight is 330 g/mol. The number of hydrogen-bond donors (Lipinski definition) is 4. The third kappa shape index (κ3) is 4.02. The fraction of sp³-hybridized carbons (Fsp3) is 0.176. The van der Waals surface area contributed by atoms with E-state index in [4.69, 9.17) is 15.6 Å². The van der Waals surface area contributed by atoms with Crippen LogP contribution in [0.3, 0.4) is 0 Å². The Morgan fingerprint density at radius 1 is 1.17 bits per heavy atom. The molecule has 0 bridgehead atoms. The van der Waals surface area contributed by atoms with Gasteiger partial charge in [0.15, 0.2) is 11.3 Å². The van der Waals surface area contributed by atoms with Crippen LogP contribution in [0, 0.1) is 0 Å². The van der Waals surface area contributed by atoms with Gasteiger partial charge in [-0.05, 0) is 50.2 Å². The van der Waals surface area contributed by atoms with E-state index in [0.717, 1.165) is 0 Å². The van der Waals surface area contributed by atoms with E-state index >= 15 is 0 Å². The average Bonchev–Trinajstić information content (AvgIpc) is 2.51. The number of anilines is 2. The maximum absolute atomic E-state index is 12.2. The minimum absolute atomic E-state index is 0.304. The molecule has 24 heavy (non-hydrogen) atoms. The summed E-state index contributed by atoms with van der Waals surface area (Å²) >= 11 is 0. The first-order chi connectivity index (χ1) is 11.2. The minimum Gasteiger partial charge on any atom is -0.478 e. The summed E-state index contributed by atoms with van der Waals surface area (Å²) in [6.07, 6.45) is 0. The molecule has 0 aromatic heterocycles. The highest BCUT2D eigenvalue weighted by atomic mass is 16.5. The van der Waals surface area contributed by atoms with Gasteiger partial charge in [-0.2, -0.15) is 0 Å². The third-order valence-corrected chi connectivity index (χ3v) is 3.41. The van der Waals surface area contributed by atoms with E-state index in [0.29, 0.717) is 28.4 Å². The highest BCUT2D eigenvalue weighted by molar-refractivity contribution is 6.05. The quantitative estimate of drug-likeness (QED) is 0.619. The number of ether oxygens (including phenoxy) is 1. The van der Waals surface area contributed by atoms with Crippen molar-refractivity contribution in [2.45, 2.75) is 19.4 Å². The molecule has 0 spiro atoms. The molecule has 0 saturated heterocycles. The van der Waals surface area contributed by atoms with Crippen molar-refractivity contribution in [2.24, 2.45) is 0 Å². The van der Waals surface area contributed by atoms with Crippen LogP contribution in [-0.2, 0) is 4.79 Å². The summed E-state index contributed by atoms with van der Waals surface area (Å²) in [7, 11) is 0. The second-order valence-corrected chi connectivity index (χ2v) is 5.81. The highest BCUT2D eigenvalue weighted by Gasteiger charge is 2.29. The van der Waals surface area contributed by atoms with Gasteiger partial charge in [-0.3, -0.25) is 4.79 Å². The van der Waals surface area contributed by atoms with Crippen LogP contribution in [0.5, 0.6) is 5.75 Å². The smallest absolute Gasteiger partial charge is 0.347 e. The standard InChI is InChI=1S/C17H19N3O4/c1-17(2,16(22)23)24-12-6-4-11(5-7-12)20-15(21)10-3-8-13(18)14(19)9-10/h3-9H,18-19H2,1-2H3,(H,20,21)(H,22,23)/p+1. The van der Waals surface area contributed by atoms with Crippen LogP contribution in [0.25, 0.3) is 0 Å². The molecule has 0 aliphatic heterocycles. The Bertz CT molecular complexity index is 770. The second-order valence-electron chi connectivity index (χ2n) is 5.81. The fourth-order valence-electron chi connectivity index (χ4n) is 1.88. The topological polar surface area (TPSA) is 129 Å². The van der Waals surface area contributed by atoms with Crippen LogP contribution in [0.15, 0.2) is 42.5 Å². The summed E-state index contributed by atoms with van der Waals surface area (Å²) < 4.78 is 5.40. The van der Waals surface area contributed by atoms with Crippen molar-refractivity contribution in [3.8, 4) is 5.75 Å². The molecule has 0 aliphatic rings. The van der Waals surface area contributed by atoms with Crippen molar-refractivity contribution in [1.82, 2.24) is 0 Å². The molecule has 0 saturated carbocycles. The van der Waals surface area contributed by atoms with Gasteiger partial charge in [0, 0.05) is 17.3 Å². The lowest BCUT2D eigenvalue weighted by Crippen LogP contribution is -2.41. The number of benzene rings is 2. The summed E-state index contributed by atoms with van der Waals surface area (Å²) in [5, 5.41) is 11.8. The summed E-state index contributed by atoms with van der Waals surface area (Å²) in [6, 6.07) is 11.3. The van der Waals surface area contributed by atoms with Gasteiger partial charge in [-0.15, -0.1) is 0 Å². The molecule has 0 aliphatic carbocycles. The van der Waals surface area contributed by atoms with E-state index in [1.54, 1.807) is 42.5 Å².